The van der Waals surface area contributed by atoms with Crippen LogP contribution in [-0.4, -0.2) is 28.6 Å². The summed E-state index contributed by atoms with van der Waals surface area (Å²) >= 11 is 1.68. The number of aliphatic imine (C=N–C) groups is 2. The number of hydrogen-bond donors (Lipinski definition) is 2. The van der Waals surface area contributed by atoms with Crippen LogP contribution in [0.3, 0.4) is 0 Å². The highest BCUT2D eigenvalue weighted by atomic mass is 32.1. The van der Waals surface area contributed by atoms with Crippen molar-refractivity contribution in [2.45, 2.75) is 6.04 Å². The largest absolute Gasteiger partial charge is 0.360 e. The van der Waals surface area contributed by atoms with Crippen molar-refractivity contribution in [2.24, 2.45) is 9.98 Å². The molecule has 114 valence electrons. The first-order valence-corrected chi connectivity index (χ1v) is 8.19. The minimum absolute atomic E-state index is 0.160. The van der Waals surface area contributed by atoms with Crippen molar-refractivity contribution in [1.82, 2.24) is 9.97 Å². The van der Waals surface area contributed by atoms with Gasteiger partial charge in [-0.05, 0) is 35.7 Å². The molecule has 3 aromatic rings. The lowest BCUT2D eigenvalue weighted by Gasteiger charge is -2.13. The quantitative estimate of drug-likeness (QED) is 0.758. The van der Waals surface area contributed by atoms with E-state index in [1.54, 1.807) is 24.6 Å². The van der Waals surface area contributed by atoms with E-state index in [0.29, 0.717) is 0 Å². The predicted molar refractivity (Wildman–Crippen MR) is 94.7 cm³/mol. The predicted octanol–water partition coefficient (Wildman–Crippen LogP) is 3.50. The fraction of sp³-hybridized carbons (Fsp3) is 0.118. The molecule has 3 aromatic heterocycles. The molecule has 0 aliphatic carbocycles. The lowest BCUT2D eigenvalue weighted by molar-refractivity contribution is 0.980. The highest BCUT2D eigenvalue weighted by Crippen LogP contribution is 2.30. The minimum atomic E-state index is -0.160. The van der Waals surface area contributed by atoms with Gasteiger partial charge in [-0.1, -0.05) is 6.07 Å². The van der Waals surface area contributed by atoms with E-state index in [2.05, 4.69) is 31.7 Å². The summed E-state index contributed by atoms with van der Waals surface area (Å²) in [7, 11) is 1.78. The third-order valence-corrected chi connectivity index (χ3v) is 4.66. The molecule has 6 heteroatoms. The van der Waals surface area contributed by atoms with Crippen molar-refractivity contribution in [1.29, 1.82) is 0 Å². The number of amidine groups is 1. The van der Waals surface area contributed by atoms with Crippen LogP contribution in [-0.2, 0) is 0 Å². The number of aromatic amines is 1. The van der Waals surface area contributed by atoms with Crippen LogP contribution in [0.25, 0.3) is 0 Å². The van der Waals surface area contributed by atoms with Crippen LogP contribution in [0, 0.1) is 0 Å². The smallest absolute Gasteiger partial charge is 0.142 e. The van der Waals surface area contributed by atoms with Gasteiger partial charge in [-0.25, -0.2) is 4.98 Å². The number of thiophene rings is 1. The number of pyridine rings is 1. The molecule has 0 saturated heterocycles. The normalized spacial score (nSPS) is 18.9. The Morgan fingerprint density at radius 1 is 1.17 bits per heavy atom. The molecule has 0 radical (unpaired) electrons. The third-order valence-electron chi connectivity index (χ3n) is 3.73. The summed E-state index contributed by atoms with van der Waals surface area (Å²) < 4.78 is 0. The van der Waals surface area contributed by atoms with Gasteiger partial charge in [0.2, 0.25) is 0 Å². The van der Waals surface area contributed by atoms with E-state index in [0.717, 1.165) is 33.5 Å². The molecule has 4 heterocycles. The molecule has 0 amide bonds. The molecule has 4 rings (SSSR count). The Morgan fingerprint density at radius 2 is 2.13 bits per heavy atom. The Bertz CT molecular complexity index is 862. The van der Waals surface area contributed by atoms with Crippen molar-refractivity contribution in [3.63, 3.8) is 0 Å². The first-order valence-electron chi connectivity index (χ1n) is 7.31. The van der Waals surface area contributed by atoms with Crippen LogP contribution in [0.15, 0.2) is 64.2 Å². The maximum absolute atomic E-state index is 5.02. The van der Waals surface area contributed by atoms with E-state index in [1.807, 2.05) is 36.5 Å². The first-order chi connectivity index (χ1) is 11.4. The van der Waals surface area contributed by atoms with Crippen LogP contribution in [0.4, 0.5) is 5.82 Å². The number of nitrogens with zero attached hydrogens (tertiary/aromatic N) is 3. The van der Waals surface area contributed by atoms with Gasteiger partial charge in [0, 0.05) is 29.9 Å². The molecular weight excluding hydrogens is 306 g/mol. The number of H-pyrrole nitrogens is 1. The van der Waals surface area contributed by atoms with Crippen molar-refractivity contribution < 1.29 is 0 Å². The maximum Gasteiger partial charge on any atom is 0.142 e. The summed E-state index contributed by atoms with van der Waals surface area (Å²) in [6, 6.07) is 11.9. The van der Waals surface area contributed by atoms with Gasteiger partial charge in [0.05, 0.1) is 11.4 Å². The minimum Gasteiger partial charge on any atom is -0.360 e. The standard InChI is InChI=1S/C17H15N5S/c1-18-17-15(13-7-4-10-23-13)21-14(12-6-3-8-19-12)11-5-2-9-20-16(11)22-17/h2-10,15,19H,1H3,(H,18,20,22). The Morgan fingerprint density at radius 3 is 2.87 bits per heavy atom. The summed E-state index contributed by atoms with van der Waals surface area (Å²) in [5.74, 6) is 1.58. The van der Waals surface area contributed by atoms with E-state index in [1.165, 1.54) is 0 Å². The zero-order chi connectivity index (χ0) is 15.6. The van der Waals surface area contributed by atoms with E-state index in [-0.39, 0.29) is 6.04 Å². The van der Waals surface area contributed by atoms with Crippen LogP contribution in [0.1, 0.15) is 22.2 Å². The van der Waals surface area contributed by atoms with Crippen LogP contribution in [0.5, 0.6) is 0 Å². The van der Waals surface area contributed by atoms with Crippen molar-refractivity contribution >= 4 is 28.7 Å². The van der Waals surface area contributed by atoms with Gasteiger partial charge in [0.15, 0.2) is 0 Å². The molecule has 0 fully saturated rings. The Kier molecular flexibility index (Phi) is 3.51. The molecule has 0 spiro atoms. The molecule has 0 saturated carbocycles. The molecule has 0 aromatic carbocycles. The van der Waals surface area contributed by atoms with E-state index >= 15 is 0 Å². The summed E-state index contributed by atoms with van der Waals surface area (Å²) in [6.45, 7) is 0. The lowest BCUT2D eigenvalue weighted by atomic mass is 10.1. The SMILES string of the molecule is CN=C1Nc2ncccc2C(c2ccc[nH]2)=NC1c1cccs1. The number of rotatable bonds is 2. The van der Waals surface area contributed by atoms with Crippen molar-refractivity contribution in [2.75, 3.05) is 12.4 Å². The monoisotopic (exact) mass is 321 g/mol. The molecule has 1 atom stereocenters. The summed E-state index contributed by atoms with van der Waals surface area (Å²) in [4.78, 5) is 18.3. The Labute approximate surface area is 137 Å². The van der Waals surface area contributed by atoms with Crippen LogP contribution < -0.4 is 5.32 Å². The van der Waals surface area contributed by atoms with Crippen molar-refractivity contribution in [3.8, 4) is 0 Å². The van der Waals surface area contributed by atoms with Gasteiger partial charge in [-0.2, -0.15) is 0 Å². The topological polar surface area (TPSA) is 65.4 Å². The molecular formula is C17H15N5S. The van der Waals surface area contributed by atoms with E-state index < -0.39 is 0 Å². The molecule has 1 aliphatic heterocycles. The van der Waals surface area contributed by atoms with Crippen LogP contribution in [0.2, 0.25) is 0 Å². The van der Waals surface area contributed by atoms with E-state index in [9.17, 15) is 0 Å². The highest BCUT2D eigenvalue weighted by Gasteiger charge is 2.26. The number of hydrogen-bond acceptors (Lipinski definition) is 4. The average Bonchev–Trinajstić information content (AvgIpc) is 3.26. The second-order valence-electron chi connectivity index (χ2n) is 5.11. The molecule has 0 bridgehead atoms. The summed E-state index contributed by atoms with van der Waals surface area (Å²) in [5, 5.41) is 5.41. The summed E-state index contributed by atoms with van der Waals surface area (Å²) in [6.07, 6.45) is 3.68. The third kappa shape index (κ3) is 2.47. The first kappa shape index (κ1) is 13.9. The van der Waals surface area contributed by atoms with Gasteiger partial charge in [0.1, 0.15) is 17.7 Å². The highest BCUT2D eigenvalue weighted by molar-refractivity contribution is 7.10. The second kappa shape index (κ2) is 5.81. The van der Waals surface area contributed by atoms with E-state index in [4.69, 9.17) is 4.99 Å². The zero-order valence-corrected chi connectivity index (χ0v) is 13.3. The van der Waals surface area contributed by atoms with Gasteiger partial charge in [-0.3, -0.25) is 9.98 Å². The molecule has 5 nitrogen and oxygen atoms in total. The Hall–Kier alpha value is -2.73. The maximum atomic E-state index is 5.02. The molecule has 1 aliphatic rings. The number of fused-ring (bicyclic) bond motifs is 1. The summed E-state index contributed by atoms with van der Waals surface area (Å²) in [5.41, 5.74) is 2.83. The molecule has 23 heavy (non-hydrogen) atoms. The number of nitrogens with one attached hydrogen (secondary N) is 2. The number of aromatic nitrogens is 2. The molecule has 2 N–H and O–H groups in total. The Balaban J connectivity index is 1.95. The fourth-order valence-electron chi connectivity index (χ4n) is 2.66. The van der Waals surface area contributed by atoms with Crippen LogP contribution >= 0.6 is 11.3 Å². The molecule has 1 unspecified atom stereocenters. The zero-order valence-electron chi connectivity index (χ0n) is 12.5. The average molecular weight is 321 g/mol. The van der Waals surface area contributed by atoms with Crippen molar-refractivity contribution in [3.05, 3.63) is 70.3 Å². The number of anilines is 1. The van der Waals surface area contributed by atoms with Gasteiger partial charge in [0.25, 0.3) is 0 Å². The fourth-order valence-corrected chi connectivity index (χ4v) is 3.43. The second-order valence-corrected chi connectivity index (χ2v) is 6.09. The lowest BCUT2D eigenvalue weighted by Crippen LogP contribution is -2.19. The van der Waals surface area contributed by atoms with Gasteiger partial charge < -0.3 is 10.3 Å². The van der Waals surface area contributed by atoms with Gasteiger partial charge in [-0.15, -0.1) is 11.3 Å². The van der Waals surface area contributed by atoms with Gasteiger partial charge >= 0.3 is 0 Å².